The molecule has 0 radical (unpaired) electrons. The van der Waals surface area contributed by atoms with Crippen LogP contribution in [-0.4, -0.2) is 23.9 Å². The number of amides is 2. The number of alkyl halides is 3. The number of benzene rings is 2. The van der Waals surface area contributed by atoms with Crippen molar-refractivity contribution in [3.63, 3.8) is 0 Å². The number of carbonyl (C=O) groups is 3. The Bertz CT molecular complexity index is 1080. The number of anilines is 2. The second-order valence-electron chi connectivity index (χ2n) is 6.84. The average Bonchev–Trinajstić information content (AvgIpc) is 2.90. The van der Waals surface area contributed by atoms with E-state index in [-0.39, 0.29) is 28.7 Å². The van der Waals surface area contributed by atoms with E-state index in [9.17, 15) is 27.6 Å². The van der Waals surface area contributed by atoms with E-state index in [2.05, 4.69) is 5.32 Å². The van der Waals surface area contributed by atoms with Crippen molar-refractivity contribution in [3.8, 4) is 0 Å². The molecule has 31 heavy (non-hydrogen) atoms. The van der Waals surface area contributed by atoms with E-state index >= 15 is 0 Å². The maximum atomic E-state index is 12.9. The van der Waals surface area contributed by atoms with Gasteiger partial charge in [0.25, 0.3) is 11.8 Å². The highest BCUT2D eigenvalue weighted by Crippen LogP contribution is 2.33. The predicted octanol–water partition coefficient (Wildman–Crippen LogP) is 4.71. The summed E-state index contributed by atoms with van der Waals surface area (Å²) in [7, 11) is 0. The third-order valence-corrected chi connectivity index (χ3v) is 4.54. The van der Waals surface area contributed by atoms with Gasteiger partial charge < -0.3 is 10.1 Å². The summed E-state index contributed by atoms with van der Waals surface area (Å²) in [6, 6.07) is 9.64. The van der Waals surface area contributed by atoms with Crippen LogP contribution < -0.4 is 10.2 Å². The fourth-order valence-corrected chi connectivity index (χ4v) is 3.00. The second-order valence-corrected chi connectivity index (χ2v) is 7.22. The molecule has 162 valence electrons. The molecule has 10 heteroatoms. The fraction of sp³-hybridized carbons (Fsp3) is 0.190. The van der Waals surface area contributed by atoms with Gasteiger partial charge in [-0.1, -0.05) is 17.7 Å². The minimum absolute atomic E-state index is 0.0576. The highest BCUT2D eigenvalue weighted by Gasteiger charge is 2.39. The first-order chi connectivity index (χ1) is 14.5. The van der Waals surface area contributed by atoms with Crippen LogP contribution in [0.2, 0.25) is 0 Å². The quantitative estimate of drug-likeness (QED) is 0.525. The molecule has 0 unspecified atom stereocenters. The van der Waals surface area contributed by atoms with Crippen LogP contribution in [0.15, 0.2) is 59.3 Å². The van der Waals surface area contributed by atoms with Crippen LogP contribution in [0, 0.1) is 0 Å². The number of rotatable bonds is 5. The van der Waals surface area contributed by atoms with E-state index in [1.54, 1.807) is 13.8 Å². The first-order valence-electron chi connectivity index (χ1n) is 9.03. The van der Waals surface area contributed by atoms with Crippen molar-refractivity contribution in [2.24, 2.45) is 0 Å². The van der Waals surface area contributed by atoms with Gasteiger partial charge >= 0.3 is 12.1 Å². The van der Waals surface area contributed by atoms with Crippen molar-refractivity contribution < 1.29 is 32.3 Å². The van der Waals surface area contributed by atoms with Gasteiger partial charge in [0.15, 0.2) is 0 Å². The van der Waals surface area contributed by atoms with Crippen molar-refractivity contribution in [3.05, 3.63) is 70.4 Å². The second kappa shape index (κ2) is 8.43. The van der Waals surface area contributed by atoms with Crippen molar-refractivity contribution in [1.82, 2.24) is 0 Å². The molecule has 0 saturated heterocycles. The van der Waals surface area contributed by atoms with Crippen LogP contribution in [0.3, 0.4) is 0 Å². The topological polar surface area (TPSA) is 75.7 Å². The normalized spacial score (nSPS) is 14.5. The zero-order chi connectivity index (χ0) is 22.9. The summed E-state index contributed by atoms with van der Waals surface area (Å²) >= 11 is 6.00. The summed E-state index contributed by atoms with van der Waals surface area (Å²) in [6.07, 6.45) is -4.89. The smallest absolute Gasteiger partial charge is 0.416 e. The number of nitrogens with zero attached hydrogens (tertiary/aromatic N) is 1. The monoisotopic (exact) mass is 452 g/mol. The Kier molecular flexibility index (Phi) is 6.08. The Balaban J connectivity index is 1.82. The molecular formula is C21H16ClF3N2O4. The van der Waals surface area contributed by atoms with Crippen LogP contribution in [-0.2, 0) is 20.5 Å². The van der Waals surface area contributed by atoms with E-state index in [1.165, 1.54) is 30.3 Å². The Labute approximate surface area is 180 Å². The van der Waals surface area contributed by atoms with E-state index in [4.69, 9.17) is 16.3 Å². The van der Waals surface area contributed by atoms with Gasteiger partial charge in [0, 0.05) is 5.69 Å². The molecular weight excluding hydrogens is 437 g/mol. The largest absolute Gasteiger partial charge is 0.459 e. The number of hydrogen-bond donors (Lipinski definition) is 1. The minimum atomic E-state index is -4.57. The maximum Gasteiger partial charge on any atom is 0.416 e. The SMILES string of the molecule is CC(C)OC(=O)c1ccc(N2C(=O)C(Cl)=C(Nc3cccc(C(F)(F)F)c3)C2=O)cc1. The molecule has 1 aliphatic rings. The molecule has 0 saturated carbocycles. The third kappa shape index (κ3) is 4.72. The maximum absolute atomic E-state index is 12.9. The van der Waals surface area contributed by atoms with E-state index in [0.717, 1.165) is 23.1 Å². The summed E-state index contributed by atoms with van der Waals surface area (Å²) in [5, 5.41) is 2.03. The summed E-state index contributed by atoms with van der Waals surface area (Å²) < 4.78 is 43.8. The highest BCUT2D eigenvalue weighted by atomic mass is 35.5. The van der Waals surface area contributed by atoms with E-state index in [1.807, 2.05) is 0 Å². The van der Waals surface area contributed by atoms with Crippen LogP contribution in [0.25, 0.3) is 0 Å². The number of imide groups is 1. The molecule has 0 fully saturated rings. The number of hydrogen-bond acceptors (Lipinski definition) is 5. The Morgan fingerprint density at radius 1 is 1.06 bits per heavy atom. The van der Waals surface area contributed by atoms with Crippen LogP contribution in [0.5, 0.6) is 0 Å². The van der Waals surface area contributed by atoms with Crippen LogP contribution in [0.1, 0.15) is 29.8 Å². The molecule has 1 heterocycles. The molecule has 0 aliphatic carbocycles. The predicted molar refractivity (Wildman–Crippen MR) is 107 cm³/mol. The molecule has 0 atom stereocenters. The van der Waals surface area contributed by atoms with Gasteiger partial charge in [-0.2, -0.15) is 13.2 Å². The molecule has 6 nitrogen and oxygen atoms in total. The lowest BCUT2D eigenvalue weighted by Gasteiger charge is -2.16. The number of esters is 1. The summed E-state index contributed by atoms with van der Waals surface area (Å²) in [5.41, 5.74) is -0.980. The van der Waals surface area contributed by atoms with Gasteiger partial charge in [-0.25, -0.2) is 9.69 Å². The summed E-state index contributed by atoms with van der Waals surface area (Å²) in [4.78, 5) is 38.0. The van der Waals surface area contributed by atoms with Gasteiger partial charge in [0.05, 0.1) is 22.9 Å². The van der Waals surface area contributed by atoms with Crippen molar-refractivity contribution in [2.45, 2.75) is 26.1 Å². The lowest BCUT2D eigenvalue weighted by molar-refractivity contribution is -0.137. The molecule has 1 N–H and O–H groups in total. The lowest BCUT2D eigenvalue weighted by Crippen LogP contribution is -2.32. The van der Waals surface area contributed by atoms with Gasteiger partial charge in [-0.15, -0.1) is 0 Å². The molecule has 3 rings (SSSR count). The number of halogens is 4. The Hall–Kier alpha value is -3.33. The summed E-state index contributed by atoms with van der Waals surface area (Å²) in [6.45, 7) is 3.39. The van der Waals surface area contributed by atoms with Crippen molar-refractivity contribution in [1.29, 1.82) is 0 Å². The number of carbonyl (C=O) groups excluding carboxylic acids is 3. The first-order valence-corrected chi connectivity index (χ1v) is 9.40. The molecule has 2 aromatic carbocycles. The van der Waals surface area contributed by atoms with Gasteiger partial charge in [0.1, 0.15) is 10.7 Å². The zero-order valence-electron chi connectivity index (χ0n) is 16.3. The molecule has 0 bridgehead atoms. The van der Waals surface area contributed by atoms with Crippen molar-refractivity contribution in [2.75, 3.05) is 10.2 Å². The Morgan fingerprint density at radius 3 is 2.29 bits per heavy atom. The minimum Gasteiger partial charge on any atom is -0.459 e. The first kappa shape index (κ1) is 22.4. The van der Waals surface area contributed by atoms with Gasteiger partial charge in [0.2, 0.25) is 0 Å². The third-order valence-electron chi connectivity index (χ3n) is 4.19. The molecule has 2 aromatic rings. The zero-order valence-corrected chi connectivity index (χ0v) is 17.0. The van der Waals surface area contributed by atoms with Crippen LogP contribution in [0.4, 0.5) is 24.5 Å². The standard InChI is InChI=1S/C21H16ClF3N2O4/c1-11(2)31-20(30)12-6-8-15(9-7-12)27-18(28)16(22)17(19(27)29)26-14-5-3-4-13(10-14)21(23,24)25/h3-11,26H,1-2H3. The molecule has 1 aliphatic heterocycles. The number of nitrogens with one attached hydrogen (secondary N) is 1. The highest BCUT2D eigenvalue weighted by molar-refractivity contribution is 6.53. The van der Waals surface area contributed by atoms with Crippen LogP contribution >= 0.6 is 11.6 Å². The van der Waals surface area contributed by atoms with E-state index in [0.29, 0.717) is 0 Å². The molecule has 0 aromatic heterocycles. The van der Waals surface area contributed by atoms with E-state index < -0.39 is 34.6 Å². The lowest BCUT2D eigenvalue weighted by atomic mass is 10.2. The number of ether oxygens (including phenoxy) is 1. The average molecular weight is 453 g/mol. The van der Waals surface area contributed by atoms with Crippen molar-refractivity contribution >= 4 is 40.8 Å². The molecule has 2 amide bonds. The molecule has 0 spiro atoms. The summed E-state index contributed by atoms with van der Waals surface area (Å²) in [5.74, 6) is -2.26. The van der Waals surface area contributed by atoms with Gasteiger partial charge in [-0.3, -0.25) is 9.59 Å². The van der Waals surface area contributed by atoms with Gasteiger partial charge in [-0.05, 0) is 56.3 Å². The fourth-order valence-electron chi connectivity index (χ4n) is 2.79. The Morgan fingerprint density at radius 2 is 1.71 bits per heavy atom.